The summed E-state index contributed by atoms with van der Waals surface area (Å²) in [5.41, 5.74) is 2.18. The molecule has 1 aromatic heterocycles. The molecule has 0 radical (unpaired) electrons. The van der Waals surface area contributed by atoms with E-state index in [4.69, 9.17) is 16.3 Å². The van der Waals surface area contributed by atoms with Crippen LogP contribution in [0.25, 0.3) is 11.8 Å². The van der Waals surface area contributed by atoms with E-state index in [1.165, 1.54) is 48.2 Å². The number of rotatable bonds is 5. The molecule has 0 saturated carbocycles. The summed E-state index contributed by atoms with van der Waals surface area (Å²) in [5.74, 6) is -0.461. The minimum atomic E-state index is -0.353. The highest BCUT2D eigenvalue weighted by Crippen LogP contribution is 2.28. The predicted octanol–water partition coefficient (Wildman–Crippen LogP) is 4.58. The van der Waals surface area contributed by atoms with E-state index < -0.39 is 0 Å². The number of nitrogens with zero attached hydrogens (tertiary/aromatic N) is 2. The third kappa shape index (κ3) is 3.85. The molecule has 0 aliphatic rings. The zero-order chi connectivity index (χ0) is 19.6. The number of halogens is 2. The van der Waals surface area contributed by atoms with Crippen molar-refractivity contribution in [3.05, 3.63) is 76.3 Å². The SMILES string of the molecule is COc1cc(C(=O)/C=C/c2c(C)nn(-c3ccc(F)cc3)c2Cl)ccc1O. The molecule has 1 heterocycles. The number of aromatic hydroxyl groups is 1. The molecule has 2 aromatic carbocycles. The zero-order valence-corrected chi connectivity index (χ0v) is 15.4. The molecule has 3 aromatic rings. The number of carbonyl (C=O) groups excluding carboxylic acids is 1. The maximum Gasteiger partial charge on any atom is 0.185 e. The monoisotopic (exact) mass is 386 g/mol. The van der Waals surface area contributed by atoms with Crippen molar-refractivity contribution in [2.75, 3.05) is 7.11 Å². The van der Waals surface area contributed by atoms with Crippen LogP contribution in [0.5, 0.6) is 11.5 Å². The summed E-state index contributed by atoms with van der Waals surface area (Å²) in [5, 5.41) is 14.3. The molecular formula is C20H16ClFN2O3. The van der Waals surface area contributed by atoms with Crippen molar-refractivity contribution < 1.29 is 19.0 Å². The van der Waals surface area contributed by atoms with Crippen molar-refractivity contribution in [2.24, 2.45) is 0 Å². The van der Waals surface area contributed by atoms with Gasteiger partial charge in [0, 0.05) is 11.1 Å². The van der Waals surface area contributed by atoms with Gasteiger partial charge < -0.3 is 9.84 Å². The molecule has 1 N–H and O–H groups in total. The minimum Gasteiger partial charge on any atom is -0.504 e. The number of carbonyl (C=O) groups is 1. The van der Waals surface area contributed by atoms with Crippen molar-refractivity contribution in [3.8, 4) is 17.2 Å². The van der Waals surface area contributed by atoms with Gasteiger partial charge in [0.05, 0.1) is 18.5 Å². The number of methoxy groups -OCH3 is 1. The largest absolute Gasteiger partial charge is 0.504 e. The van der Waals surface area contributed by atoms with Crippen LogP contribution in [0.1, 0.15) is 21.6 Å². The second kappa shape index (κ2) is 7.63. The van der Waals surface area contributed by atoms with E-state index in [2.05, 4.69) is 5.10 Å². The highest BCUT2D eigenvalue weighted by Gasteiger charge is 2.14. The maximum atomic E-state index is 13.1. The van der Waals surface area contributed by atoms with Crippen molar-refractivity contribution in [3.63, 3.8) is 0 Å². The first-order chi connectivity index (χ1) is 12.9. The number of ether oxygens (including phenoxy) is 1. The Balaban J connectivity index is 1.89. The fourth-order valence-corrected chi connectivity index (χ4v) is 2.88. The Morgan fingerprint density at radius 3 is 2.63 bits per heavy atom. The van der Waals surface area contributed by atoms with E-state index >= 15 is 0 Å². The fourth-order valence-electron chi connectivity index (χ4n) is 2.54. The third-order valence-electron chi connectivity index (χ3n) is 3.98. The number of aromatic nitrogens is 2. The lowest BCUT2D eigenvalue weighted by Crippen LogP contribution is -1.96. The van der Waals surface area contributed by atoms with E-state index in [1.54, 1.807) is 25.1 Å². The van der Waals surface area contributed by atoms with E-state index in [9.17, 15) is 14.3 Å². The van der Waals surface area contributed by atoms with Gasteiger partial charge in [-0.15, -0.1) is 0 Å². The van der Waals surface area contributed by atoms with Crippen LogP contribution < -0.4 is 4.74 Å². The molecule has 0 aliphatic heterocycles. The summed E-state index contributed by atoms with van der Waals surface area (Å²) < 4.78 is 19.6. The Labute approximate surface area is 160 Å². The van der Waals surface area contributed by atoms with Crippen molar-refractivity contribution in [1.29, 1.82) is 0 Å². The van der Waals surface area contributed by atoms with Crippen LogP contribution in [0.2, 0.25) is 5.15 Å². The molecular weight excluding hydrogens is 371 g/mol. The van der Waals surface area contributed by atoms with Gasteiger partial charge in [-0.3, -0.25) is 4.79 Å². The Bertz CT molecular complexity index is 1030. The molecule has 0 aliphatic carbocycles. The lowest BCUT2D eigenvalue weighted by atomic mass is 10.1. The van der Waals surface area contributed by atoms with E-state index in [1.807, 2.05) is 0 Å². The van der Waals surface area contributed by atoms with Crippen molar-refractivity contribution >= 4 is 23.5 Å². The first-order valence-electron chi connectivity index (χ1n) is 8.01. The first kappa shape index (κ1) is 18.7. The van der Waals surface area contributed by atoms with Gasteiger partial charge >= 0.3 is 0 Å². The summed E-state index contributed by atoms with van der Waals surface area (Å²) in [7, 11) is 1.41. The van der Waals surface area contributed by atoms with Crippen molar-refractivity contribution in [2.45, 2.75) is 6.92 Å². The molecule has 0 unspecified atom stereocenters. The van der Waals surface area contributed by atoms with Gasteiger partial charge in [-0.05, 0) is 61.5 Å². The third-order valence-corrected chi connectivity index (χ3v) is 4.35. The quantitative estimate of drug-likeness (QED) is 0.514. The lowest BCUT2D eigenvalue weighted by Gasteiger charge is -2.04. The molecule has 27 heavy (non-hydrogen) atoms. The normalized spacial score (nSPS) is 11.1. The molecule has 0 fully saturated rings. The predicted molar refractivity (Wildman–Crippen MR) is 101 cm³/mol. The molecule has 5 nitrogen and oxygen atoms in total. The highest BCUT2D eigenvalue weighted by atomic mass is 35.5. The number of phenols is 1. The van der Waals surface area contributed by atoms with Crippen LogP contribution in [0.4, 0.5) is 4.39 Å². The van der Waals surface area contributed by atoms with E-state index in [0.29, 0.717) is 27.7 Å². The van der Waals surface area contributed by atoms with E-state index in [0.717, 1.165) is 0 Å². The van der Waals surface area contributed by atoms with Gasteiger partial charge in [0.1, 0.15) is 11.0 Å². The molecule has 138 valence electrons. The Hall–Kier alpha value is -3.12. The molecule has 0 saturated heterocycles. The smallest absolute Gasteiger partial charge is 0.185 e. The van der Waals surface area contributed by atoms with Gasteiger partial charge in [0.25, 0.3) is 0 Å². The number of ketones is 1. The Kier molecular flexibility index (Phi) is 5.28. The molecule has 0 bridgehead atoms. The number of hydrogen-bond donors (Lipinski definition) is 1. The number of allylic oxidation sites excluding steroid dienone is 1. The zero-order valence-electron chi connectivity index (χ0n) is 14.6. The second-order valence-electron chi connectivity index (χ2n) is 5.76. The number of phenolic OH excluding ortho intramolecular Hbond substituents is 1. The molecule has 0 atom stereocenters. The van der Waals surface area contributed by atoms with Crippen LogP contribution >= 0.6 is 11.6 Å². The molecule has 7 heteroatoms. The molecule has 0 amide bonds. The van der Waals surface area contributed by atoms with E-state index in [-0.39, 0.29) is 23.1 Å². The van der Waals surface area contributed by atoms with Crippen LogP contribution in [-0.4, -0.2) is 27.8 Å². The Morgan fingerprint density at radius 2 is 1.96 bits per heavy atom. The number of hydrogen-bond acceptors (Lipinski definition) is 4. The van der Waals surface area contributed by atoms with Crippen LogP contribution in [-0.2, 0) is 0 Å². The van der Waals surface area contributed by atoms with Crippen LogP contribution in [0, 0.1) is 12.7 Å². The minimum absolute atomic E-state index is 0.0440. The first-order valence-corrected chi connectivity index (χ1v) is 8.39. The lowest BCUT2D eigenvalue weighted by molar-refractivity contribution is 0.104. The van der Waals surface area contributed by atoms with Gasteiger partial charge in [-0.2, -0.15) is 5.10 Å². The van der Waals surface area contributed by atoms with Gasteiger partial charge in [-0.1, -0.05) is 11.6 Å². The van der Waals surface area contributed by atoms with Gasteiger partial charge in [0.15, 0.2) is 17.3 Å². The van der Waals surface area contributed by atoms with Gasteiger partial charge in [0.2, 0.25) is 0 Å². The van der Waals surface area contributed by atoms with Crippen LogP contribution in [0.3, 0.4) is 0 Å². The Morgan fingerprint density at radius 1 is 1.26 bits per heavy atom. The average molecular weight is 387 g/mol. The molecule has 3 rings (SSSR count). The second-order valence-corrected chi connectivity index (χ2v) is 6.12. The average Bonchev–Trinajstić information content (AvgIpc) is 2.94. The number of benzene rings is 2. The summed E-state index contributed by atoms with van der Waals surface area (Å²) >= 11 is 6.39. The topological polar surface area (TPSA) is 64.3 Å². The standard InChI is InChI=1S/C20H16ClFN2O3/c1-12-16(20(21)24(23-12)15-6-4-14(22)5-7-15)8-10-17(25)13-3-9-18(26)19(11-13)27-2/h3-11,26H,1-2H3/b10-8+. The summed E-state index contributed by atoms with van der Waals surface area (Å²) in [4.78, 5) is 12.4. The van der Waals surface area contributed by atoms with Crippen molar-refractivity contribution in [1.82, 2.24) is 9.78 Å². The van der Waals surface area contributed by atoms with Crippen LogP contribution in [0.15, 0.2) is 48.5 Å². The molecule has 0 spiro atoms. The highest BCUT2D eigenvalue weighted by molar-refractivity contribution is 6.31. The maximum absolute atomic E-state index is 13.1. The summed E-state index contributed by atoms with van der Waals surface area (Å²) in [6.45, 7) is 1.76. The summed E-state index contributed by atoms with van der Waals surface area (Å²) in [6, 6.07) is 10.1. The van der Waals surface area contributed by atoms with Gasteiger partial charge in [-0.25, -0.2) is 9.07 Å². The number of aryl methyl sites for hydroxylation is 1. The summed E-state index contributed by atoms with van der Waals surface area (Å²) in [6.07, 6.45) is 2.95. The fraction of sp³-hybridized carbons (Fsp3) is 0.100.